The first-order valence-corrected chi connectivity index (χ1v) is 6.11. The number of rotatable bonds is 3. The SMILES string of the molecule is CC1(C)CCCC1C(NN)C1CCC1. The van der Waals surface area contributed by atoms with Gasteiger partial charge >= 0.3 is 0 Å². The summed E-state index contributed by atoms with van der Waals surface area (Å²) >= 11 is 0. The highest BCUT2D eigenvalue weighted by Crippen LogP contribution is 2.48. The van der Waals surface area contributed by atoms with Gasteiger partial charge in [-0.25, -0.2) is 0 Å². The Morgan fingerprint density at radius 1 is 1.21 bits per heavy atom. The minimum atomic E-state index is 0.507. The van der Waals surface area contributed by atoms with Crippen molar-refractivity contribution in [2.45, 2.75) is 58.4 Å². The fourth-order valence-electron chi connectivity index (χ4n) is 3.40. The highest BCUT2D eigenvalue weighted by molar-refractivity contribution is 4.96. The summed E-state index contributed by atoms with van der Waals surface area (Å²) in [5.74, 6) is 7.40. The maximum absolute atomic E-state index is 5.73. The van der Waals surface area contributed by atoms with Crippen LogP contribution in [0, 0.1) is 17.3 Å². The van der Waals surface area contributed by atoms with E-state index in [0.717, 1.165) is 11.8 Å². The highest BCUT2D eigenvalue weighted by Gasteiger charge is 2.43. The van der Waals surface area contributed by atoms with Crippen LogP contribution in [0.4, 0.5) is 0 Å². The second-order valence-corrected chi connectivity index (χ2v) is 5.87. The zero-order valence-corrected chi connectivity index (χ0v) is 9.55. The molecule has 0 amide bonds. The van der Waals surface area contributed by atoms with Crippen molar-refractivity contribution in [3.8, 4) is 0 Å². The summed E-state index contributed by atoms with van der Waals surface area (Å²) in [4.78, 5) is 0. The molecular weight excluding hydrogens is 172 g/mol. The van der Waals surface area contributed by atoms with Crippen LogP contribution in [-0.4, -0.2) is 6.04 Å². The summed E-state index contributed by atoms with van der Waals surface area (Å²) in [5, 5.41) is 0. The second-order valence-electron chi connectivity index (χ2n) is 5.87. The maximum atomic E-state index is 5.73. The summed E-state index contributed by atoms with van der Waals surface area (Å²) in [6.45, 7) is 4.82. The molecular formula is C12H24N2. The Bertz CT molecular complexity index is 196. The minimum Gasteiger partial charge on any atom is -0.271 e. The molecule has 0 saturated heterocycles. The Balaban J connectivity index is 2.03. The second kappa shape index (κ2) is 3.82. The van der Waals surface area contributed by atoms with E-state index in [-0.39, 0.29) is 0 Å². The van der Waals surface area contributed by atoms with Crippen LogP contribution in [-0.2, 0) is 0 Å². The molecule has 2 rings (SSSR count). The molecule has 82 valence electrons. The van der Waals surface area contributed by atoms with Crippen molar-refractivity contribution >= 4 is 0 Å². The van der Waals surface area contributed by atoms with E-state index in [0.29, 0.717) is 11.5 Å². The summed E-state index contributed by atoms with van der Waals surface area (Å²) in [6.07, 6.45) is 8.34. The van der Waals surface area contributed by atoms with Crippen LogP contribution in [0.3, 0.4) is 0 Å². The summed E-state index contributed by atoms with van der Waals surface area (Å²) < 4.78 is 0. The Labute approximate surface area is 87.6 Å². The molecule has 0 aliphatic heterocycles. The van der Waals surface area contributed by atoms with E-state index >= 15 is 0 Å². The molecule has 0 spiro atoms. The predicted octanol–water partition coefficient (Wildman–Crippen LogP) is 2.44. The molecule has 0 aromatic heterocycles. The molecule has 2 aliphatic carbocycles. The number of hydrazine groups is 1. The lowest BCUT2D eigenvalue weighted by Gasteiger charge is -2.42. The van der Waals surface area contributed by atoms with Gasteiger partial charge in [0.2, 0.25) is 0 Å². The summed E-state index contributed by atoms with van der Waals surface area (Å²) in [5.41, 5.74) is 3.61. The number of nitrogens with two attached hydrogens (primary N) is 1. The van der Waals surface area contributed by atoms with E-state index in [4.69, 9.17) is 5.84 Å². The van der Waals surface area contributed by atoms with Gasteiger partial charge in [0.05, 0.1) is 0 Å². The van der Waals surface area contributed by atoms with Crippen LogP contribution in [0.15, 0.2) is 0 Å². The first-order chi connectivity index (χ1) is 6.65. The zero-order valence-electron chi connectivity index (χ0n) is 9.55. The third-order valence-corrected chi connectivity index (χ3v) is 4.62. The van der Waals surface area contributed by atoms with Gasteiger partial charge in [0.1, 0.15) is 0 Å². The van der Waals surface area contributed by atoms with Gasteiger partial charge in [-0.2, -0.15) is 0 Å². The van der Waals surface area contributed by atoms with Gasteiger partial charge in [0.15, 0.2) is 0 Å². The Kier molecular flexibility index (Phi) is 2.85. The van der Waals surface area contributed by atoms with E-state index < -0.39 is 0 Å². The molecule has 0 aromatic rings. The fraction of sp³-hybridized carbons (Fsp3) is 1.00. The smallest absolute Gasteiger partial charge is 0.0272 e. The molecule has 3 N–H and O–H groups in total. The quantitative estimate of drug-likeness (QED) is 0.537. The van der Waals surface area contributed by atoms with E-state index in [1.807, 2.05) is 0 Å². The van der Waals surface area contributed by atoms with Gasteiger partial charge in [-0.15, -0.1) is 0 Å². The van der Waals surface area contributed by atoms with Gasteiger partial charge in [-0.05, 0) is 42.9 Å². The van der Waals surface area contributed by atoms with E-state index in [1.165, 1.54) is 38.5 Å². The molecule has 0 heterocycles. The lowest BCUT2D eigenvalue weighted by molar-refractivity contribution is 0.112. The zero-order chi connectivity index (χ0) is 10.2. The first kappa shape index (κ1) is 10.4. The summed E-state index contributed by atoms with van der Waals surface area (Å²) in [6, 6.07) is 0.584. The predicted molar refractivity (Wildman–Crippen MR) is 59.6 cm³/mol. The topological polar surface area (TPSA) is 38.0 Å². The third-order valence-electron chi connectivity index (χ3n) is 4.62. The van der Waals surface area contributed by atoms with Gasteiger partial charge in [-0.1, -0.05) is 26.7 Å². The molecule has 0 bridgehead atoms. The molecule has 14 heavy (non-hydrogen) atoms. The van der Waals surface area contributed by atoms with Crippen LogP contribution in [0.1, 0.15) is 52.4 Å². The molecule has 2 heteroatoms. The third kappa shape index (κ3) is 1.70. The van der Waals surface area contributed by atoms with Crippen LogP contribution in [0.25, 0.3) is 0 Å². The van der Waals surface area contributed by atoms with E-state index in [9.17, 15) is 0 Å². The van der Waals surface area contributed by atoms with Crippen LogP contribution >= 0.6 is 0 Å². The van der Waals surface area contributed by atoms with Crippen molar-refractivity contribution in [1.29, 1.82) is 0 Å². The maximum Gasteiger partial charge on any atom is 0.0272 e. The highest BCUT2D eigenvalue weighted by atomic mass is 15.2. The molecule has 2 atom stereocenters. The van der Waals surface area contributed by atoms with Crippen LogP contribution in [0.5, 0.6) is 0 Å². The average Bonchev–Trinajstić information content (AvgIpc) is 2.37. The summed E-state index contributed by atoms with van der Waals surface area (Å²) in [7, 11) is 0. The van der Waals surface area contributed by atoms with E-state index in [2.05, 4.69) is 19.3 Å². The number of hydrogen-bond donors (Lipinski definition) is 2. The van der Waals surface area contributed by atoms with Crippen LogP contribution in [0.2, 0.25) is 0 Å². The number of hydrogen-bond acceptors (Lipinski definition) is 2. The molecule has 2 fully saturated rings. The Morgan fingerprint density at radius 3 is 2.29 bits per heavy atom. The van der Waals surface area contributed by atoms with Crippen molar-refractivity contribution in [1.82, 2.24) is 5.43 Å². The molecule has 2 nitrogen and oxygen atoms in total. The largest absolute Gasteiger partial charge is 0.271 e. The lowest BCUT2D eigenvalue weighted by atomic mass is 9.68. The minimum absolute atomic E-state index is 0.507. The van der Waals surface area contributed by atoms with Crippen molar-refractivity contribution < 1.29 is 0 Å². The van der Waals surface area contributed by atoms with Gasteiger partial charge in [0.25, 0.3) is 0 Å². The van der Waals surface area contributed by atoms with Gasteiger partial charge in [-0.3, -0.25) is 11.3 Å². The van der Waals surface area contributed by atoms with Crippen molar-refractivity contribution in [3.05, 3.63) is 0 Å². The lowest BCUT2D eigenvalue weighted by Crippen LogP contribution is -2.50. The standard InChI is InChI=1S/C12H24N2/c1-12(2)8-4-7-10(12)11(14-13)9-5-3-6-9/h9-11,14H,3-8,13H2,1-2H3. The molecule has 2 saturated carbocycles. The number of nitrogens with one attached hydrogen (secondary N) is 1. The first-order valence-electron chi connectivity index (χ1n) is 6.11. The van der Waals surface area contributed by atoms with Crippen molar-refractivity contribution in [2.75, 3.05) is 0 Å². The molecule has 0 radical (unpaired) electrons. The van der Waals surface area contributed by atoms with Gasteiger partial charge in [0, 0.05) is 6.04 Å². The molecule has 2 unspecified atom stereocenters. The normalized spacial score (nSPS) is 34.1. The van der Waals surface area contributed by atoms with Crippen LogP contribution < -0.4 is 11.3 Å². The van der Waals surface area contributed by atoms with Crippen molar-refractivity contribution in [2.24, 2.45) is 23.1 Å². The van der Waals surface area contributed by atoms with E-state index in [1.54, 1.807) is 0 Å². The van der Waals surface area contributed by atoms with Gasteiger partial charge < -0.3 is 0 Å². The average molecular weight is 196 g/mol. The Morgan fingerprint density at radius 2 is 1.93 bits per heavy atom. The monoisotopic (exact) mass is 196 g/mol. The Hall–Kier alpha value is -0.0800. The fourth-order valence-corrected chi connectivity index (χ4v) is 3.40. The molecule has 2 aliphatic rings. The molecule has 0 aromatic carbocycles. The van der Waals surface area contributed by atoms with Crippen molar-refractivity contribution in [3.63, 3.8) is 0 Å².